The van der Waals surface area contributed by atoms with Crippen molar-refractivity contribution in [3.8, 4) is 5.75 Å². The van der Waals surface area contributed by atoms with Gasteiger partial charge >= 0.3 is 0 Å². The summed E-state index contributed by atoms with van der Waals surface area (Å²) in [6.45, 7) is 7.34. The number of ether oxygens (including phenoxy) is 2. The molecule has 6 nitrogen and oxygen atoms in total. The lowest BCUT2D eigenvalue weighted by Gasteiger charge is -2.37. The Morgan fingerprint density at radius 1 is 1.16 bits per heavy atom. The highest BCUT2D eigenvalue weighted by Crippen LogP contribution is 2.34. The molecule has 0 aliphatic carbocycles. The van der Waals surface area contributed by atoms with E-state index >= 15 is 0 Å². The van der Waals surface area contributed by atoms with E-state index in [1.807, 2.05) is 64.4 Å². The lowest BCUT2D eigenvalue weighted by atomic mass is 10.0. The molecule has 198 valence electrons. The minimum Gasteiger partial charge on any atom is -0.491 e. The summed E-state index contributed by atoms with van der Waals surface area (Å²) in [5, 5.41) is 12.7. The zero-order valence-corrected chi connectivity index (χ0v) is 22.7. The number of hydrogen-bond donors (Lipinski definition) is 1. The third-order valence-electron chi connectivity index (χ3n) is 6.63. The van der Waals surface area contributed by atoms with Crippen molar-refractivity contribution in [2.24, 2.45) is 0 Å². The topological polar surface area (TPSA) is 62.2 Å². The first kappa shape index (κ1) is 27.3. The fourth-order valence-corrected chi connectivity index (χ4v) is 5.68. The third-order valence-corrected chi connectivity index (χ3v) is 7.63. The Labute approximate surface area is 224 Å². The summed E-state index contributed by atoms with van der Waals surface area (Å²) in [5.74, 6) is 0.881. The Morgan fingerprint density at radius 2 is 1.95 bits per heavy atom. The Bertz CT molecular complexity index is 1100. The van der Waals surface area contributed by atoms with Crippen molar-refractivity contribution in [1.82, 2.24) is 9.80 Å². The predicted octanol–water partition coefficient (Wildman–Crippen LogP) is 4.85. The molecule has 4 rings (SSSR count). The second kappa shape index (κ2) is 13.7. The molecule has 1 aliphatic heterocycles. The highest BCUT2D eigenvalue weighted by atomic mass is 32.1. The van der Waals surface area contributed by atoms with Gasteiger partial charge in [0.15, 0.2) is 0 Å². The van der Waals surface area contributed by atoms with Crippen LogP contribution in [0.2, 0.25) is 0 Å². The van der Waals surface area contributed by atoms with Crippen LogP contribution in [0.4, 0.5) is 0 Å². The fourth-order valence-electron chi connectivity index (χ4n) is 4.76. The number of rotatable bonds is 13. The van der Waals surface area contributed by atoms with Crippen LogP contribution in [-0.2, 0) is 22.6 Å². The molecule has 0 bridgehead atoms. The zero-order valence-electron chi connectivity index (χ0n) is 21.8. The summed E-state index contributed by atoms with van der Waals surface area (Å²) in [6.07, 6.45) is 1.11. The molecule has 1 amide bonds. The highest BCUT2D eigenvalue weighted by Gasteiger charge is 2.33. The smallest absolute Gasteiger partial charge is 0.237 e. The van der Waals surface area contributed by atoms with Gasteiger partial charge in [-0.1, -0.05) is 55.0 Å². The van der Waals surface area contributed by atoms with E-state index in [-0.39, 0.29) is 25.1 Å². The lowest BCUT2D eigenvalue weighted by molar-refractivity contribution is -0.136. The summed E-state index contributed by atoms with van der Waals surface area (Å²) in [7, 11) is 0. The van der Waals surface area contributed by atoms with E-state index in [1.54, 1.807) is 11.3 Å². The number of fused-ring (bicyclic) bond motifs is 1. The van der Waals surface area contributed by atoms with Gasteiger partial charge < -0.3 is 19.5 Å². The van der Waals surface area contributed by atoms with Gasteiger partial charge in [-0.15, -0.1) is 11.3 Å². The number of aryl methyl sites for hydroxylation is 1. The number of amides is 1. The Balaban J connectivity index is 1.35. The fraction of sp³-hybridized carbons (Fsp3) is 0.433. The van der Waals surface area contributed by atoms with E-state index in [1.165, 1.54) is 16.0 Å². The van der Waals surface area contributed by atoms with Crippen molar-refractivity contribution in [2.75, 3.05) is 39.4 Å². The second-order valence-electron chi connectivity index (χ2n) is 9.67. The number of aliphatic hydroxyl groups excluding tert-OH is 1. The van der Waals surface area contributed by atoms with Crippen LogP contribution >= 0.6 is 11.3 Å². The molecule has 0 radical (unpaired) electrons. The van der Waals surface area contributed by atoms with Crippen molar-refractivity contribution >= 4 is 17.2 Å². The van der Waals surface area contributed by atoms with Crippen LogP contribution in [0.3, 0.4) is 0 Å². The zero-order chi connectivity index (χ0) is 26.0. The summed E-state index contributed by atoms with van der Waals surface area (Å²) in [5.41, 5.74) is 3.45. The number of carbonyl (C=O) groups excluding carboxylic acids is 1. The number of nitrogens with zero attached hydrogens (tertiary/aromatic N) is 2. The van der Waals surface area contributed by atoms with Gasteiger partial charge in [0, 0.05) is 18.0 Å². The molecular formula is C30H38N2O4S. The van der Waals surface area contributed by atoms with E-state index in [4.69, 9.17) is 9.47 Å². The first-order valence-electron chi connectivity index (χ1n) is 13.1. The lowest BCUT2D eigenvalue weighted by Crippen LogP contribution is -2.48. The van der Waals surface area contributed by atoms with E-state index in [0.29, 0.717) is 26.3 Å². The van der Waals surface area contributed by atoms with Crippen molar-refractivity contribution < 1.29 is 19.4 Å². The van der Waals surface area contributed by atoms with Gasteiger partial charge in [0.1, 0.15) is 12.4 Å². The number of benzene rings is 2. The van der Waals surface area contributed by atoms with Crippen LogP contribution in [0.25, 0.3) is 0 Å². The maximum absolute atomic E-state index is 13.6. The Hall–Kier alpha value is -2.71. The predicted molar refractivity (Wildman–Crippen MR) is 148 cm³/mol. The van der Waals surface area contributed by atoms with Gasteiger partial charge in [0.05, 0.1) is 31.9 Å². The van der Waals surface area contributed by atoms with Gasteiger partial charge in [0.25, 0.3) is 0 Å². The molecule has 0 spiro atoms. The van der Waals surface area contributed by atoms with E-state index < -0.39 is 6.10 Å². The average molecular weight is 523 g/mol. The van der Waals surface area contributed by atoms with Crippen LogP contribution < -0.4 is 4.74 Å². The average Bonchev–Trinajstić information content (AvgIpc) is 3.38. The summed E-state index contributed by atoms with van der Waals surface area (Å²) >= 11 is 1.75. The van der Waals surface area contributed by atoms with Crippen LogP contribution in [0.5, 0.6) is 5.75 Å². The summed E-state index contributed by atoms with van der Waals surface area (Å²) in [6, 6.07) is 20.0. The first-order chi connectivity index (χ1) is 18.0. The first-order valence-corrected chi connectivity index (χ1v) is 14.0. The molecule has 1 N–H and O–H groups in total. The van der Waals surface area contributed by atoms with Crippen LogP contribution in [0.1, 0.15) is 41.0 Å². The van der Waals surface area contributed by atoms with Crippen LogP contribution in [0, 0.1) is 6.92 Å². The monoisotopic (exact) mass is 522 g/mol. The molecule has 0 saturated carbocycles. The number of thiophene rings is 1. The van der Waals surface area contributed by atoms with E-state index in [2.05, 4.69) is 25.3 Å². The molecule has 2 heterocycles. The Kier molecular flexibility index (Phi) is 10.1. The number of carbonyl (C=O) groups is 1. The largest absolute Gasteiger partial charge is 0.491 e. The quantitative estimate of drug-likeness (QED) is 0.348. The molecule has 3 aromatic rings. The second-order valence-corrected chi connectivity index (χ2v) is 10.7. The maximum atomic E-state index is 13.6. The maximum Gasteiger partial charge on any atom is 0.237 e. The third kappa shape index (κ3) is 7.89. The highest BCUT2D eigenvalue weighted by molar-refractivity contribution is 7.10. The van der Waals surface area contributed by atoms with Crippen molar-refractivity contribution in [1.29, 1.82) is 0 Å². The molecule has 37 heavy (non-hydrogen) atoms. The Morgan fingerprint density at radius 3 is 2.70 bits per heavy atom. The molecular weight excluding hydrogens is 484 g/mol. The van der Waals surface area contributed by atoms with Gasteiger partial charge in [-0.3, -0.25) is 9.69 Å². The van der Waals surface area contributed by atoms with E-state index in [0.717, 1.165) is 30.7 Å². The van der Waals surface area contributed by atoms with Crippen molar-refractivity contribution in [2.45, 2.75) is 45.4 Å². The van der Waals surface area contributed by atoms with Crippen LogP contribution in [0.15, 0.2) is 66.0 Å². The number of aliphatic hydroxyl groups is 1. The molecule has 2 unspecified atom stereocenters. The van der Waals surface area contributed by atoms with E-state index in [9.17, 15) is 9.90 Å². The van der Waals surface area contributed by atoms with Gasteiger partial charge in [0.2, 0.25) is 5.91 Å². The van der Waals surface area contributed by atoms with Gasteiger partial charge in [-0.25, -0.2) is 0 Å². The van der Waals surface area contributed by atoms with Crippen molar-refractivity contribution in [3.63, 3.8) is 0 Å². The van der Waals surface area contributed by atoms with Gasteiger partial charge in [-0.2, -0.15) is 0 Å². The molecule has 1 aromatic heterocycles. The molecule has 2 aromatic carbocycles. The van der Waals surface area contributed by atoms with Crippen molar-refractivity contribution in [3.05, 3.63) is 87.6 Å². The molecule has 7 heteroatoms. The minimum absolute atomic E-state index is 0.0696. The molecule has 0 fully saturated rings. The summed E-state index contributed by atoms with van der Waals surface area (Å²) < 4.78 is 11.9. The molecule has 2 atom stereocenters. The molecule has 1 aliphatic rings. The normalized spacial score (nSPS) is 16.0. The number of hydrogen-bond acceptors (Lipinski definition) is 6. The van der Waals surface area contributed by atoms with Crippen LogP contribution in [-0.4, -0.2) is 66.3 Å². The standard InChI is InChI=1S/C30H38N2O4S/c1-3-15-31(18-25(33)21-35-20-24-7-5-4-6-8-24)19-30(34)32-16-13-29-27(14-17-37-29)28(32)22-36-26-11-9-23(2)10-12-26/h4-12,14,17,25,28,33H,3,13,15-16,18-22H2,1-2H3. The summed E-state index contributed by atoms with van der Waals surface area (Å²) in [4.78, 5) is 18.9. The van der Waals surface area contributed by atoms with Gasteiger partial charge in [-0.05, 0) is 61.0 Å². The minimum atomic E-state index is -0.659. The molecule has 0 saturated heterocycles. The SMILES string of the molecule is CCCN(CC(=O)N1CCc2sccc2C1COc1ccc(C)cc1)CC(O)COCc1ccccc1.